The average molecular weight is 705 g/mol. The molecule has 0 N–H and O–H groups in total. The number of hydrogen-bond acceptors (Lipinski definition) is 16. The van der Waals surface area contributed by atoms with Crippen molar-refractivity contribution in [1.29, 1.82) is 0 Å². The zero-order chi connectivity index (χ0) is 36.9. The third-order valence-electron chi connectivity index (χ3n) is 5.61. The highest BCUT2D eigenvalue weighted by molar-refractivity contribution is 5.88. The molecular formula is C33H52O16. The molecule has 280 valence electrons. The molecule has 0 rings (SSSR count). The van der Waals surface area contributed by atoms with Crippen molar-refractivity contribution < 1.29 is 77.2 Å². The monoisotopic (exact) mass is 704 g/mol. The molecule has 0 aliphatic carbocycles. The van der Waals surface area contributed by atoms with Crippen LogP contribution in [0.15, 0.2) is 48.6 Å². The molecule has 0 amide bonds. The molecular weight excluding hydrogens is 652 g/mol. The van der Waals surface area contributed by atoms with Gasteiger partial charge in [-0.2, -0.15) is 0 Å². The van der Waals surface area contributed by atoms with Crippen LogP contribution < -0.4 is 0 Å². The van der Waals surface area contributed by atoms with Crippen LogP contribution in [0.25, 0.3) is 0 Å². The van der Waals surface area contributed by atoms with Crippen LogP contribution in [0.5, 0.6) is 0 Å². The molecule has 16 heteroatoms. The lowest BCUT2D eigenvalue weighted by Gasteiger charge is -2.30. The molecule has 0 spiro atoms. The van der Waals surface area contributed by atoms with Gasteiger partial charge >= 0.3 is 23.9 Å². The van der Waals surface area contributed by atoms with Gasteiger partial charge in [-0.05, 0) is 27.7 Å². The summed E-state index contributed by atoms with van der Waals surface area (Å²) in [5.41, 5.74) is -0.0218. The molecule has 0 radical (unpaired) electrons. The van der Waals surface area contributed by atoms with Crippen LogP contribution in [-0.2, 0) is 77.2 Å². The molecule has 49 heavy (non-hydrogen) atoms. The van der Waals surface area contributed by atoms with Crippen LogP contribution in [0.3, 0.4) is 0 Å². The van der Waals surface area contributed by atoms with E-state index in [2.05, 4.69) is 26.3 Å². The van der Waals surface area contributed by atoms with Gasteiger partial charge in [0.2, 0.25) is 0 Å². The number of ether oxygens (including phenoxy) is 4. The largest absolute Gasteiger partial charge is 0.462 e. The number of rotatable bonds is 32. The van der Waals surface area contributed by atoms with Crippen molar-refractivity contribution in [2.75, 3.05) is 79.3 Å². The minimum atomic E-state index is -1.14. The highest BCUT2D eigenvalue weighted by Crippen LogP contribution is 2.22. The summed E-state index contributed by atoms with van der Waals surface area (Å²) in [6.07, 6.45) is 1.36. The van der Waals surface area contributed by atoms with Crippen molar-refractivity contribution in [2.24, 2.45) is 5.41 Å². The third-order valence-corrected chi connectivity index (χ3v) is 5.61. The molecule has 0 aliphatic heterocycles. The number of carbonyl (C=O) groups excluding carboxylic acids is 4. The Hall–Kier alpha value is -3.48. The third kappa shape index (κ3) is 25.2. The fourth-order valence-corrected chi connectivity index (χ4v) is 2.78. The molecule has 16 nitrogen and oxygen atoms in total. The molecule has 0 fully saturated rings. The summed E-state index contributed by atoms with van der Waals surface area (Å²) < 4.78 is 20.1. The summed E-state index contributed by atoms with van der Waals surface area (Å²) in [5.74, 6) is -2.04. The van der Waals surface area contributed by atoms with E-state index in [1.807, 2.05) is 0 Å². The Labute approximate surface area is 287 Å². The first-order chi connectivity index (χ1) is 23.3. The van der Waals surface area contributed by atoms with E-state index in [-0.39, 0.29) is 102 Å². The van der Waals surface area contributed by atoms with Crippen LogP contribution in [0, 0.1) is 5.41 Å². The van der Waals surface area contributed by atoms with Gasteiger partial charge in [0.15, 0.2) is 0 Å². The van der Waals surface area contributed by atoms with E-state index in [4.69, 9.17) is 58.0 Å². The van der Waals surface area contributed by atoms with Crippen molar-refractivity contribution in [2.45, 2.75) is 53.4 Å². The predicted molar refractivity (Wildman–Crippen MR) is 172 cm³/mol. The Balaban J connectivity index is 5.19. The van der Waals surface area contributed by atoms with E-state index < -0.39 is 29.3 Å². The Kier molecular flexibility index (Phi) is 26.4. The summed E-state index contributed by atoms with van der Waals surface area (Å²) in [4.78, 5) is 88.9. The van der Waals surface area contributed by atoms with E-state index >= 15 is 0 Å². The number of hydrogen-bond donors (Lipinski definition) is 0. The predicted octanol–water partition coefficient (Wildman–Crippen LogP) is 3.80. The smallest absolute Gasteiger partial charge is 0.333 e. The highest BCUT2D eigenvalue weighted by atomic mass is 17.2. The maximum atomic E-state index is 11.5. The Morgan fingerprint density at radius 3 is 0.755 bits per heavy atom. The van der Waals surface area contributed by atoms with E-state index in [1.54, 1.807) is 27.7 Å². The summed E-state index contributed by atoms with van der Waals surface area (Å²) in [5, 5.41) is 0. The first kappa shape index (κ1) is 45.5. The standard InChI is InChI=1S/C33H52O16/c1-25(2)29(34)38-13-9-17-42-46-21-33(22-47-43-18-10-14-39-30(35)26(3)4,23-48-44-19-11-15-40-31(36)27(5)6)24-49-45-20-12-16-41-32(37)28(7)8/h1,3,5,7,9-24H2,2,4,6,8H3. The Morgan fingerprint density at radius 2 is 0.571 bits per heavy atom. The van der Waals surface area contributed by atoms with Gasteiger partial charge in [0.1, 0.15) is 0 Å². The van der Waals surface area contributed by atoms with Gasteiger partial charge in [0.05, 0.1) is 84.7 Å². The van der Waals surface area contributed by atoms with Gasteiger partial charge < -0.3 is 18.9 Å². The second-order valence-electron chi connectivity index (χ2n) is 10.9. The van der Waals surface area contributed by atoms with Crippen molar-refractivity contribution in [3.05, 3.63) is 48.6 Å². The minimum Gasteiger partial charge on any atom is -0.462 e. The van der Waals surface area contributed by atoms with Crippen molar-refractivity contribution >= 4 is 23.9 Å². The zero-order valence-electron chi connectivity index (χ0n) is 29.2. The van der Waals surface area contributed by atoms with Gasteiger partial charge in [-0.3, -0.25) is 0 Å². The average Bonchev–Trinajstić information content (AvgIpc) is 3.05. The van der Waals surface area contributed by atoms with E-state index in [1.165, 1.54) is 0 Å². The lowest BCUT2D eigenvalue weighted by atomic mass is 9.93. The van der Waals surface area contributed by atoms with Crippen molar-refractivity contribution in [3.8, 4) is 0 Å². The molecule has 0 aromatic heterocycles. The fraction of sp³-hybridized carbons (Fsp3) is 0.636. The molecule has 0 aliphatic rings. The SMILES string of the molecule is C=C(C)C(=O)OCCCOOCC(COOCCCOC(=O)C(=C)C)(COOCCCOC(=O)C(=C)C)COOCCCOC(=O)C(=C)C. The first-order valence-corrected chi connectivity index (χ1v) is 15.6. The van der Waals surface area contributed by atoms with E-state index in [0.717, 1.165) is 0 Å². The van der Waals surface area contributed by atoms with Gasteiger partial charge in [0, 0.05) is 48.0 Å². The summed E-state index contributed by atoms with van der Waals surface area (Å²) >= 11 is 0. The Bertz CT molecular complexity index is 888. The lowest BCUT2D eigenvalue weighted by Crippen LogP contribution is -2.42. The van der Waals surface area contributed by atoms with Gasteiger partial charge in [-0.15, -0.1) is 0 Å². The quantitative estimate of drug-likeness (QED) is 0.0246. The first-order valence-electron chi connectivity index (χ1n) is 15.6. The molecule has 0 saturated carbocycles. The van der Waals surface area contributed by atoms with Crippen molar-refractivity contribution in [3.63, 3.8) is 0 Å². The molecule has 0 atom stereocenters. The zero-order valence-corrected chi connectivity index (χ0v) is 29.2. The molecule has 0 bridgehead atoms. The summed E-state index contributed by atoms with van der Waals surface area (Å²) in [6.45, 7) is 20.3. The van der Waals surface area contributed by atoms with Crippen LogP contribution in [0.2, 0.25) is 0 Å². The highest BCUT2D eigenvalue weighted by Gasteiger charge is 2.35. The maximum absolute atomic E-state index is 11.5. The van der Waals surface area contributed by atoms with E-state index in [0.29, 0.717) is 25.7 Å². The fourth-order valence-electron chi connectivity index (χ4n) is 2.78. The van der Waals surface area contributed by atoms with E-state index in [9.17, 15) is 19.2 Å². The van der Waals surface area contributed by atoms with Gasteiger partial charge in [0.25, 0.3) is 0 Å². The Morgan fingerprint density at radius 1 is 0.367 bits per heavy atom. The number of carbonyl (C=O) groups is 4. The number of esters is 4. The van der Waals surface area contributed by atoms with Crippen molar-refractivity contribution in [1.82, 2.24) is 0 Å². The summed E-state index contributed by atoms with van der Waals surface area (Å²) in [7, 11) is 0. The second-order valence-corrected chi connectivity index (χ2v) is 10.9. The molecule has 0 saturated heterocycles. The minimum absolute atomic E-state index is 0.0837. The van der Waals surface area contributed by atoms with Crippen LogP contribution in [0.4, 0.5) is 0 Å². The lowest BCUT2D eigenvalue weighted by molar-refractivity contribution is -0.391. The van der Waals surface area contributed by atoms with Gasteiger partial charge in [-0.25, -0.2) is 58.3 Å². The van der Waals surface area contributed by atoms with Crippen LogP contribution in [-0.4, -0.2) is 103 Å². The molecule has 0 aromatic carbocycles. The second kappa shape index (κ2) is 28.4. The van der Waals surface area contributed by atoms with Crippen LogP contribution >= 0.6 is 0 Å². The van der Waals surface area contributed by atoms with Crippen LogP contribution in [0.1, 0.15) is 53.4 Å². The maximum Gasteiger partial charge on any atom is 0.333 e. The van der Waals surface area contributed by atoms with Gasteiger partial charge in [-0.1, -0.05) is 26.3 Å². The molecule has 0 heterocycles. The topological polar surface area (TPSA) is 179 Å². The molecule has 0 unspecified atom stereocenters. The normalized spacial score (nSPS) is 11.0. The summed E-state index contributed by atoms with van der Waals surface area (Å²) in [6, 6.07) is 0. The molecule has 0 aromatic rings.